The Kier molecular flexibility index (Phi) is 2.75. The SMILES string of the molecule is CC1OCCC1(C)Nc1nccc(C#N)n1. The van der Waals surface area contributed by atoms with Crippen molar-refractivity contribution < 1.29 is 4.74 Å². The highest BCUT2D eigenvalue weighted by atomic mass is 16.5. The van der Waals surface area contributed by atoms with Crippen LogP contribution < -0.4 is 5.32 Å². The van der Waals surface area contributed by atoms with Gasteiger partial charge in [0.1, 0.15) is 11.8 Å². The molecule has 1 aromatic heterocycles. The van der Waals surface area contributed by atoms with E-state index in [2.05, 4.69) is 22.2 Å². The minimum atomic E-state index is -0.159. The van der Waals surface area contributed by atoms with Crippen molar-refractivity contribution in [3.05, 3.63) is 18.0 Å². The van der Waals surface area contributed by atoms with Crippen LogP contribution in [0.5, 0.6) is 0 Å². The Labute approximate surface area is 94.5 Å². The van der Waals surface area contributed by atoms with Crippen molar-refractivity contribution in [1.29, 1.82) is 5.26 Å². The number of nitriles is 1. The van der Waals surface area contributed by atoms with Crippen LogP contribution in [0.2, 0.25) is 0 Å². The van der Waals surface area contributed by atoms with Crippen molar-refractivity contribution in [2.45, 2.75) is 31.9 Å². The molecule has 1 aromatic rings. The summed E-state index contributed by atoms with van der Waals surface area (Å²) >= 11 is 0. The van der Waals surface area contributed by atoms with Crippen molar-refractivity contribution in [2.75, 3.05) is 11.9 Å². The Balaban J connectivity index is 2.17. The number of ether oxygens (including phenoxy) is 1. The molecule has 1 N–H and O–H groups in total. The fourth-order valence-electron chi connectivity index (χ4n) is 1.74. The van der Waals surface area contributed by atoms with Crippen LogP contribution in [0, 0.1) is 11.3 Å². The van der Waals surface area contributed by atoms with Gasteiger partial charge in [-0.3, -0.25) is 0 Å². The summed E-state index contributed by atoms with van der Waals surface area (Å²) in [6.45, 7) is 4.84. The first kappa shape index (κ1) is 10.8. The fourth-order valence-corrected chi connectivity index (χ4v) is 1.74. The van der Waals surface area contributed by atoms with Gasteiger partial charge in [0, 0.05) is 12.8 Å². The lowest BCUT2D eigenvalue weighted by molar-refractivity contribution is 0.105. The highest BCUT2D eigenvalue weighted by Gasteiger charge is 2.37. The third-order valence-corrected chi connectivity index (χ3v) is 3.05. The van der Waals surface area contributed by atoms with E-state index >= 15 is 0 Å². The summed E-state index contributed by atoms with van der Waals surface area (Å²) in [7, 11) is 0. The second-order valence-corrected chi connectivity index (χ2v) is 4.18. The molecule has 1 aliphatic heterocycles. The third-order valence-electron chi connectivity index (χ3n) is 3.05. The molecule has 0 saturated carbocycles. The molecule has 1 saturated heterocycles. The summed E-state index contributed by atoms with van der Waals surface area (Å²) < 4.78 is 5.51. The van der Waals surface area contributed by atoms with Gasteiger partial charge in [0.2, 0.25) is 5.95 Å². The van der Waals surface area contributed by atoms with Crippen LogP contribution >= 0.6 is 0 Å². The lowest BCUT2D eigenvalue weighted by Gasteiger charge is -2.28. The normalized spacial score (nSPS) is 28.7. The molecule has 0 aromatic carbocycles. The van der Waals surface area contributed by atoms with Gasteiger partial charge in [0.15, 0.2) is 0 Å². The van der Waals surface area contributed by atoms with Crippen molar-refractivity contribution >= 4 is 5.95 Å². The van der Waals surface area contributed by atoms with Crippen LogP contribution in [0.15, 0.2) is 12.3 Å². The van der Waals surface area contributed by atoms with Crippen molar-refractivity contribution in [3.63, 3.8) is 0 Å². The lowest BCUT2D eigenvalue weighted by atomic mass is 9.95. The van der Waals surface area contributed by atoms with E-state index in [0.29, 0.717) is 11.6 Å². The smallest absolute Gasteiger partial charge is 0.224 e. The molecule has 1 fully saturated rings. The average molecular weight is 218 g/mol. The quantitative estimate of drug-likeness (QED) is 0.810. The Bertz CT molecular complexity index is 428. The van der Waals surface area contributed by atoms with Crippen LogP contribution in [-0.2, 0) is 4.74 Å². The predicted molar refractivity (Wildman–Crippen MR) is 58.8 cm³/mol. The van der Waals surface area contributed by atoms with E-state index < -0.39 is 0 Å². The lowest BCUT2D eigenvalue weighted by Crippen LogP contribution is -2.41. The van der Waals surface area contributed by atoms with E-state index in [9.17, 15) is 0 Å². The van der Waals surface area contributed by atoms with Gasteiger partial charge in [-0.15, -0.1) is 0 Å². The van der Waals surface area contributed by atoms with E-state index in [1.54, 1.807) is 12.3 Å². The number of nitrogens with zero attached hydrogens (tertiary/aromatic N) is 3. The summed E-state index contributed by atoms with van der Waals surface area (Å²) in [5.41, 5.74) is 0.210. The second kappa shape index (κ2) is 4.06. The molecule has 5 heteroatoms. The average Bonchev–Trinajstić information content (AvgIpc) is 2.59. The first-order valence-corrected chi connectivity index (χ1v) is 5.27. The highest BCUT2D eigenvalue weighted by Crippen LogP contribution is 2.28. The molecule has 2 rings (SSSR count). The molecular weight excluding hydrogens is 204 g/mol. The minimum Gasteiger partial charge on any atom is -0.376 e. The van der Waals surface area contributed by atoms with Crippen LogP contribution in [0.25, 0.3) is 0 Å². The molecule has 84 valence electrons. The van der Waals surface area contributed by atoms with Gasteiger partial charge in [0.25, 0.3) is 0 Å². The zero-order valence-electron chi connectivity index (χ0n) is 9.40. The molecule has 0 radical (unpaired) electrons. The second-order valence-electron chi connectivity index (χ2n) is 4.18. The predicted octanol–water partition coefficient (Wildman–Crippen LogP) is 1.33. The molecule has 0 spiro atoms. The molecule has 5 nitrogen and oxygen atoms in total. The number of aromatic nitrogens is 2. The van der Waals surface area contributed by atoms with Gasteiger partial charge in [0.05, 0.1) is 11.6 Å². The summed E-state index contributed by atoms with van der Waals surface area (Å²) in [6.07, 6.45) is 2.60. The van der Waals surface area contributed by atoms with Crippen molar-refractivity contribution in [2.24, 2.45) is 0 Å². The molecule has 16 heavy (non-hydrogen) atoms. The van der Waals surface area contributed by atoms with Crippen LogP contribution in [0.4, 0.5) is 5.95 Å². The maximum Gasteiger partial charge on any atom is 0.224 e. The van der Waals surface area contributed by atoms with Crippen LogP contribution in [-0.4, -0.2) is 28.2 Å². The molecule has 2 atom stereocenters. The first-order valence-electron chi connectivity index (χ1n) is 5.27. The summed E-state index contributed by atoms with van der Waals surface area (Å²) in [5, 5.41) is 12.0. The maximum absolute atomic E-state index is 8.75. The number of anilines is 1. The Morgan fingerprint density at radius 1 is 1.69 bits per heavy atom. The Morgan fingerprint density at radius 3 is 3.12 bits per heavy atom. The Morgan fingerprint density at radius 2 is 2.50 bits per heavy atom. The maximum atomic E-state index is 8.75. The monoisotopic (exact) mass is 218 g/mol. The molecule has 0 aliphatic carbocycles. The fraction of sp³-hybridized carbons (Fsp3) is 0.545. The third kappa shape index (κ3) is 1.97. The van der Waals surface area contributed by atoms with Gasteiger partial charge in [-0.1, -0.05) is 0 Å². The van der Waals surface area contributed by atoms with E-state index in [1.165, 1.54) is 0 Å². The number of nitrogens with one attached hydrogen (secondary N) is 1. The van der Waals surface area contributed by atoms with Crippen LogP contribution in [0.3, 0.4) is 0 Å². The van der Waals surface area contributed by atoms with Gasteiger partial charge in [-0.05, 0) is 26.3 Å². The van der Waals surface area contributed by atoms with Gasteiger partial charge < -0.3 is 10.1 Å². The van der Waals surface area contributed by atoms with Gasteiger partial charge >= 0.3 is 0 Å². The van der Waals surface area contributed by atoms with Crippen molar-refractivity contribution in [3.8, 4) is 6.07 Å². The highest BCUT2D eigenvalue weighted by molar-refractivity contribution is 5.34. The van der Waals surface area contributed by atoms with Gasteiger partial charge in [-0.25, -0.2) is 9.97 Å². The first-order chi connectivity index (χ1) is 7.64. The summed E-state index contributed by atoms with van der Waals surface area (Å²) in [4.78, 5) is 8.20. The molecule has 1 aliphatic rings. The summed E-state index contributed by atoms with van der Waals surface area (Å²) in [6, 6.07) is 3.58. The summed E-state index contributed by atoms with van der Waals surface area (Å²) in [5.74, 6) is 0.485. The van der Waals surface area contributed by atoms with Crippen molar-refractivity contribution in [1.82, 2.24) is 9.97 Å². The Hall–Kier alpha value is -1.67. The van der Waals surface area contributed by atoms with Crippen LogP contribution in [0.1, 0.15) is 26.0 Å². The zero-order valence-corrected chi connectivity index (χ0v) is 9.40. The van der Waals surface area contributed by atoms with E-state index in [4.69, 9.17) is 10.00 Å². The molecule has 2 unspecified atom stereocenters. The standard InChI is InChI=1S/C11H14N4O/c1-8-11(2,4-6-16-8)15-10-13-5-3-9(7-12)14-10/h3,5,8H,4,6H2,1-2H3,(H,13,14,15). The number of hydrogen-bond acceptors (Lipinski definition) is 5. The van der Waals surface area contributed by atoms with Gasteiger partial charge in [-0.2, -0.15) is 5.26 Å². The van der Waals surface area contributed by atoms with E-state index in [-0.39, 0.29) is 11.6 Å². The largest absolute Gasteiger partial charge is 0.376 e. The molecular formula is C11H14N4O. The minimum absolute atomic E-state index is 0.113. The number of hydrogen-bond donors (Lipinski definition) is 1. The molecule has 2 heterocycles. The topological polar surface area (TPSA) is 70.8 Å². The van der Waals surface area contributed by atoms with E-state index in [0.717, 1.165) is 13.0 Å². The van der Waals surface area contributed by atoms with E-state index in [1.807, 2.05) is 13.0 Å². The molecule has 0 bridgehead atoms. The molecule has 0 amide bonds. The number of rotatable bonds is 2. The zero-order chi connectivity index (χ0) is 11.6.